The third-order valence-electron chi connectivity index (χ3n) is 3.45. The van der Waals surface area contributed by atoms with Gasteiger partial charge in [0.25, 0.3) is 0 Å². The lowest BCUT2D eigenvalue weighted by Crippen LogP contribution is -2.39. The summed E-state index contributed by atoms with van der Waals surface area (Å²) in [7, 11) is 0. The summed E-state index contributed by atoms with van der Waals surface area (Å²) in [5, 5.41) is 10.2. The summed E-state index contributed by atoms with van der Waals surface area (Å²) in [6, 6.07) is 7.85. The van der Waals surface area contributed by atoms with Gasteiger partial charge in [-0.1, -0.05) is 11.6 Å². The molecule has 0 heterocycles. The van der Waals surface area contributed by atoms with E-state index in [4.69, 9.17) is 11.6 Å². The van der Waals surface area contributed by atoms with Crippen LogP contribution in [0.4, 0.5) is 0 Å². The summed E-state index contributed by atoms with van der Waals surface area (Å²) < 4.78 is 0. The van der Waals surface area contributed by atoms with Crippen LogP contribution in [0.2, 0.25) is 5.02 Å². The third kappa shape index (κ3) is 7.45. The molecule has 5 nitrogen and oxygen atoms in total. The number of hydrogen-bond donors (Lipinski definition) is 3. The molecule has 1 aliphatic rings. The Labute approximate surface area is 153 Å². The van der Waals surface area contributed by atoms with Gasteiger partial charge in [0.1, 0.15) is 0 Å². The maximum atomic E-state index is 11.5. The minimum atomic E-state index is 0.169. The van der Waals surface area contributed by atoms with Gasteiger partial charge in [-0.05, 0) is 44.0 Å². The topological polar surface area (TPSA) is 65.5 Å². The number of nitrogens with one attached hydrogen (secondary N) is 3. The second kappa shape index (κ2) is 10.5. The molecule has 0 saturated heterocycles. The molecule has 0 unspecified atom stereocenters. The van der Waals surface area contributed by atoms with Crippen LogP contribution in [0.1, 0.15) is 19.8 Å². The van der Waals surface area contributed by atoms with Gasteiger partial charge < -0.3 is 16.0 Å². The lowest BCUT2D eigenvalue weighted by Gasteiger charge is -2.11. The van der Waals surface area contributed by atoms with Crippen LogP contribution in [0, 0.1) is 5.92 Å². The lowest BCUT2D eigenvalue weighted by atomic mass is 10.4. The molecular formula is C17H25ClN4OS. The summed E-state index contributed by atoms with van der Waals surface area (Å²) in [5.41, 5.74) is 0. The quantitative estimate of drug-likeness (QED) is 0.271. The first-order valence-corrected chi connectivity index (χ1v) is 9.73. The van der Waals surface area contributed by atoms with Crippen molar-refractivity contribution >= 4 is 35.2 Å². The molecule has 0 aromatic heterocycles. The van der Waals surface area contributed by atoms with E-state index in [-0.39, 0.29) is 11.8 Å². The van der Waals surface area contributed by atoms with Gasteiger partial charge in [-0.25, -0.2) is 0 Å². The van der Waals surface area contributed by atoms with Crippen molar-refractivity contribution < 1.29 is 4.79 Å². The normalized spacial score (nSPS) is 14.3. The van der Waals surface area contributed by atoms with E-state index < -0.39 is 0 Å². The predicted octanol–water partition coefficient (Wildman–Crippen LogP) is 2.51. The molecule has 7 heteroatoms. The summed E-state index contributed by atoms with van der Waals surface area (Å²) in [6.07, 6.45) is 2.06. The van der Waals surface area contributed by atoms with Crippen molar-refractivity contribution in [2.24, 2.45) is 10.9 Å². The number of thioether (sulfide) groups is 1. The van der Waals surface area contributed by atoms with E-state index >= 15 is 0 Å². The molecular weight excluding hydrogens is 344 g/mol. The van der Waals surface area contributed by atoms with Crippen LogP contribution in [0.5, 0.6) is 0 Å². The van der Waals surface area contributed by atoms with Crippen LogP contribution >= 0.6 is 23.4 Å². The van der Waals surface area contributed by atoms with Gasteiger partial charge in [-0.3, -0.25) is 9.79 Å². The maximum Gasteiger partial charge on any atom is 0.223 e. The molecule has 0 bridgehead atoms. The molecule has 0 atom stereocenters. The van der Waals surface area contributed by atoms with Crippen molar-refractivity contribution in [1.82, 2.24) is 16.0 Å². The zero-order valence-corrected chi connectivity index (χ0v) is 15.6. The highest BCUT2D eigenvalue weighted by Crippen LogP contribution is 2.28. The largest absolute Gasteiger partial charge is 0.357 e. The summed E-state index contributed by atoms with van der Waals surface area (Å²) >= 11 is 7.65. The SMILES string of the molecule is CCNC(=NCCNC(=O)C1CC1)NCCSc1ccc(Cl)cc1. The second-order valence-electron chi connectivity index (χ2n) is 5.56. The molecule has 1 fully saturated rings. The fourth-order valence-electron chi connectivity index (χ4n) is 2.05. The highest BCUT2D eigenvalue weighted by atomic mass is 35.5. The van der Waals surface area contributed by atoms with Crippen LogP contribution in [-0.4, -0.2) is 43.8 Å². The molecule has 0 radical (unpaired) electrons. The average molecular weight is 369 g/mol. The highest BCUT2D eigenvalue weighted by Gasteiger charge is 2.28. The van der Waals surface area contributed by atoms with Crippen molar-refractivity contribution in [1.29, 1.82) is 0 Å². The van der Waals surface area contributed by atoms with Gasteiger partial charge in [-0.15, -0.1) is 11.8 Å². The lowest BCUT2D eigenvalue weighted by molar-refractivity contribution is -0.122. The summed E-state index contributed by atoms with van der Waals surface area (Å²) in [6.45, 7) is 4.83. The van der Waals surface area contributed by atoms with Crippen LogP contribution in [0.15, 0.2) is 34.2 Å². The zero-order valence-electron chi connectivity index (χ0n) is 14.0. The average Bonchev–Trinajstić information content (AvgIpc) is 3.41. The van der Waals surface area contributed by atoms with Crippen molar-refractivity contribution in [2.75, 3.05) is 31.9 Å². The van der Waals surface area contributed by atoms with Crippen LogP contribution in [-0.2, 0) is 4.79 Å². The van der Waals surface area contributed by atoms with Gasteiger partial charge in [0.05, 0.1) is 6.54 Å². The smallest absolute Gasteiger partial charge is 0.223 e. The number of carbonyl (C=O) groups is 1. The zero-order chi connectivity index (χ0) is 17.2. The van der Waals surface area contributed by atoms with Gasteiger partial charge >= 0.3 is 0 Å². The Balaban J connectivity index is 1.62. The fourth-order valence-corrected chi connectivity index (χ4v) is 2.94. The number of rotatable bonds is 9. The number of guanidine groups is 1. The maximum absolute atomic E-state index is 11.5. The molecule has 2 rings (SSSR count). The Hall–Kier alpha value is -1.40. The fraction of sp³-hybridized carbons (Fsp3) is 0.529. The summed E-state index contributed by atoms with van der Waals surface area (Å²) in [5.74, 6) is 2.15. The number of aliphatic imine (C=N–C) groups is 1. The Morgan fingerprint density at radius 2 is 1.96 bits per heavy atom. The van der Waals surface area contributed by atoms with E-state index in [0.717, 1.165) is 42.7 Å². The standard InChI is InChI=1S/C17H25ClN4OS/c1-2-19-17(21-10-9-20-16(23)13-3-4-13)22-11-12-24-15-7-5-14(18)6-8-15/h5-8,13H,2-4,9-12H2,1H3,(H,20,23)(H2,19,21,22). The van der Waals surface area contributed by atoms with E-state index in [1.165, 1.54) is 4.90 Å². The van der Waals surface area contributed by atoms with E-state index in [1.54, 1.807) is 11.8 Å². The minimum absolute atomic E-state index is 0.169. The summed E-state index contributed by atoms with van der Waals surface area (Å²) in [4.78, 5) is 17.2. The third-order valence-corrected chi connectivity index (χ3v) is 4.72. The van der Waals surface area contributed by atoms with E-state index in [9.17, 15) is 4.79 Å². The van der Waals surface area contributed by atoms with E-state index in [1.807, 2.05) is 31.2 Å². The van der Waals surface area contributed by atoms with Gasteiger partial charge in [0.15, 0.2) is 5.96 Å². The highest BCUT2D eigenvalue weighted by molar-refractivity contribution is 7.99. The predicted molar refractivity (Wildman–Crippen MR) is 102 cm³/mol. The molecule has 132 valence electrons. The molecule has 3 N–H and O–H groups in total. The molecule has 1 saturated carbocycles. The van der Waals surface area contributed by atoms with Crippen molar-refractivity contribution in [2.45, 2.75) is 24.7 Å². The first kappa shape index (κ1) is 18.9. The van der Waals surface area contributed by atoms with E-state index in [0.29, 0.717) is 13.1 Å². The molecule has 1 aliphatic carbocycles. The van der Waals surface area contributed by atoms with Crippen LogP contribution in [0.25, 0.3) is 0 Å². The Morgan fingerprint density at radius 1 is 1.21 bits per heavy atom. The molecule has 0 aliphatic heterocycles. The molecule has 0 spiro atoms. The van der Waals surface area contributed by atoms with Gasteiger partial charge in [-0.2, -0.15) is 0 Å². The van der Waals surface area contributed by atoms with Crippen LogP contribution in [0.3, 0.4) is 0 Å². The number of benzene rings is 1. The molecule has 1 amide bonds. The first-order valence-electron chi connectivity index (χ1n) is 8.37. The van der Waals surface area contributed by atoms with Gasteiger partial charge in [0.2, 0.25) is 5.91 Å². The van der Waals surface area contributed by atoms with Crippen LogP contribution < -0.4 is 16.0 Å². The number of hydrogen-bond acceptors (Lipinski definition) is 3. The minimum Gasteiger partial charge on any atom is -0.357 e. The van der Waals surface area contributed by atoms with Crippen molar-refractivity contribution in [3.63, 3.8) is 0 Å². The van der Waals surface area contributed by atoms with Crippen molar-refractivity contribution in [3.05, 3.63) is 29.3 Å². The van der Waals surface area contributed by atoms with Crippen molar-refractivity contribution in [3.8, 4) is 0 Å². The number of nitrogens with zero attached hydrogens (tertiary/aromatic N) is 1. The number of carbonyl (C=O) groups excluding carboxylic acids is 1. The Bertz CT molecular complexity index is 546. The molecule has 1 aromatic rings. The Morgan fingerprint density at radius 3 is 2.62 bits per heavy atom. The first-order chi connectivity index (χ1) is 11.7. The second-order valence-corrected chi connectivity index (χ2v) is 7.16. The molecule has 24 heavy (non-hydrogen) atoms. The van der Waals surface area contributed by atoms with Gasteiger partial charge in [0, 0.05) is 41.2 Å². The number of halogens is 1. The molecule has 1 aromatic carbocycles. The van der Waals surface area contributed by atoms with E-state index in [2.05, 4.69) is 20.9 Å². The monoisotopic (exact) mass is 368 g/mol. The Kier molecular flexibility index (Phi) is 8.25. The number of amides is 1.